The smallest absolute Gasteiger partial charge is 0.323 e. The van der Waals surface area contributed by atoms with Crippen molar-refractivity contribution in [1.82, 2.24) is 14.7 Å². The predicted molar refractivity (Wildman–Crippen MR) is 101 cm³/mol. The van der Waals surface area contributed by atoms with E-state index in [9.17, 15) is 9.90 Å². The van der Waals surface area contributed by atoms with Crippen LogP contribution in [0, 0.1) is 6.92 Å². The second-order valence-electron chi connectivity index (χ2n) is 6.14. The van der Waals surface area contributed by atoms with E-state index in [1.54, 1.807) is 16.7 Å². The van der Waals surface area contributed by atoms with E-state index in [0.717, 1.165) is 29.0 Å². The van der Waals surface area contributed by atoms with Crippen molar-refractivity contribution in [2.75, 3.05) is 25.6 Å². The number of aryl methyl sites for hydroxylation is 2. The lowest BCUT2D eigenvalue weighted by Gasteiger charge is -2.24. The molecule has 0 unspecified atom stereocenters. The number of urea groups is 1. The molecular weight excluding hydrogens is 332 g/mol. The van der Waals surface area contributed by atoms with Crippen LogP contribution in [0.3, 0.4) is 0 Å². The van der Waals surface area contributed by atoms with Crippen LogP contribution >= 0.6 is 0 Å². The van der Waals surface area contributed by atoms with Gasteiger partial charge < -0.3 is 14.7 Å². The lowest BCUT2D eigenvalue weighted by molar-refractivity contribution is 0.198. The molecule has 0 aliphatic rings. The monoisotopic (exact) mass is 360 g/mol. The van der Waals surface area contributed by atoms with Crippen LogP contribution in [-0.2, 0) is 20.0 Å². The van der Waals surface area contributed by atoms with Crippen LogP contribution in [0.25, 0.3) is 0 Å². The molecular formula is C19H28N4O3. The summed E-state index contributed by atoms with van der Waals surface area (Å²) in [6.07, 6.45) is 1.32. The molecule has 0 aliphatic heterocycles. The summed E-state index contributed by atoms with van der Waals surface area (Å²) in [5, 5.41) is 16.6. The van der Waals surface area contributed by atoms with Crippen molar-refractivity contribution in [2.45, 2.75) is 33.2 Å². The number of hydrogen-bond donors (Lipinski definition) is 2. The minimum Gasteiger partial charge on any atom is -0.496 e. The molecule has 2 amide bonds. The summed E-state index contributed by atoms with van der Waals surface area (Å²) < 4.78 is 7.08. The molecule has 7 heteroatoms. The number of aliphatic hydroxyl groups is 1. The average Bonchev–Trinajstić information content (AvgIpc) is 2.92. The van der Waals surface area contributed by atoms with Crippen LogP contribution in [0.1, 0.15) is 30.2 Å². The van der Waals surface area contributed by atoms with E-state index >= 15 is 0 Å². The molecule has 0 fully saturated rings. The molecule has 0 saturated heterocycles. The SMILES string of the molecule is CCc1nn(C)c(NC(=O)N(CCCO)Cc2ccccc2OC)c1C. The number of ether oxygens (including phenoxy) is 1. The van der Waals surface area contributed by atoms with Gasteiger partial charge in [0.05, 0.1) is 19.3 Å². The van der Waals surface area contributed by atoms with E-state index in [-0.39, 0.29) is 12.6 Å². The van der Waals surface area contributed by atoms with Gasteiger partial charge in [-0.15, -0.1) is 0 Å². The number of rotatable bonds is 8. The number of aliphatic hydroxyl groups excluding tert-OH is 1. The Balaban J connectivity index is 2.20. The first-order valence-electron chi connectivity index (χ1n) is 8.82. The highest BCUT2D eigenvalue weighted by molar-refractivity contribution is 5.89. The quantitative estimate of drug-likeness (QED) is 0.759. The Bertz CT molecular complexity index is 742. The van der Waals surface area contributed by atoms with Gasteiger partial charge in [0.1, 0.15) is 11.6 Å². The van der Waals surface area contributed by atoms with Crippen molar-refractivity contribution in [1.29, 1.82) is 0 Å². The summed E-state index contributed by atoms with van der Waals surface area (Å²) in [7, 11) is 3.43. The third kappa shape index (κ3) is 4.54. The van der Waals surface area contributed by atoms with E-state index in [1.807, 2.05) is 45.2 Å². The highest BCUT2D eigenvalue weighted by atomic mass is 16.5. The number of carbonyl (C=O) groups is 1. The Morgan fingerprint density at radius 1 is 1.38 bits per heavy atom. The molecule has 1 aromatic heterocycles. The molecule has 26 heavy (non-hydrogen) atoms. The van der Waals surface area contributed by atoms with Crippen molar-refractivity contribution >= 4 is 11.8 Å². The summed E-state index contributed by atoms with van der Waals surface area (Å²) >= 11 is 0. The Kier molecular flexibility index (Phi) is 7.03. The zero-order valence-electron chi connectivity index (χ0n) is 16.0. The van der Waals surface area contributed by atoms with Crippen LogP contribution in [0.2, 0.25) is 0 Å². The molecule has 2 aromatic rings. The Labute approximate surface area is 154 Å². The fourth-order valence-electron chi connectivity index (χ4n) is 2.93. The number of carbonyl (C=O) groups excluding carboxylic acids is 1. The molecule has 142 valence electrons. The number of methoxy groups -OCH3 is 1. The van der Waals surface area contributed by atoms with Crippen LogP contribution in [0.15, 0.2) is 24.3 Å². The van der Waals surface area contributed by atoms with Crippen LogP contribution in [0.4, 0.5) is 10.6 Å². The predicted octanol–water partition coefficient (Wildman–Crippen LogP) is 2.72. The normalized spacial score (nSPS) is 10.7. The van der Waals surface area contributed by atoms with Crippen LogP contribution < -0.4 is 10.1 Å². The van der Waals surface area contributed by atoms with Crippen LogP contribution in [-0.4, -0.2) is 46.1 Å². The van der Waals surface area contributed by atoms with Crippen LogP contribution in [0.5, 0.6) is 5.75 Å². The van der Waals surface area contributed by atoms with Crippen molar-refractivity contribution in [3.05, 3.63) is 41.1 Å². The first-order chi connectivity index (χ1) is 12.5. The van der Waals surface area contributed by atoms with Gasteiger partial charge in [0.25, 0.3) is 0 Å². The molecule has 2 N–H and O–H groups in total. The first-order valence-corrected chi connectivity index (χ1v) is 8.82. The molecule has 0 saturated carbocycles. The van der Waals surface area contributed by atoms with Crippen molar-refractivity contribution < 1.29 is 14.6 Å². The summed E-state index contributed by atoms with van der Waals surface area (Å²) in [4.78, 5) is 14.5. The summed E-state index contributed by atoms with van der Waals surface area (Å²) in [6, 6.07) is 7.39. The van der Waals surface area contributed by atoms with Gasteiger partial charge in [0.2, 0.25) is 0 Å². The average molecular weight is 360 g/mol. The highest BCUT2D eigenvalue weighted by Crippen LogP contribution is 2.22. The van der Waals surface area contributed by atoms with E-state index in [1.165, 1.54) is 0 Å². The number of nitrogens with zero attached hydrogens (tertiary/aromatic N) is 3. The third-order valence-electron chi connectivity index (χ3n) is 4.37. The summed E-state index contributed by atoms with van der Waals surface area (Å²) in [6.45, 7) is 4.86. The highest BCUT2D eigenvalue weighted by Gasteiger charge is 2.19. The first kappa shape index (κ1) is 19.8. The van der Waals surface area contributed by atoms with Crippen molar-refractivity contribution in [3.63, 3.8) is 0 Å². The fourth-order valence-corrected chi connectivity index (χ4v) is 2.93. The maximum Gasteiger partial charge on any atom is 0.323 e. The maximum atomic E-state index is 12.9. The van der Waals surface area contributed by atoms with Gasteiger partial charge in [0, 0.05) is 31.3 Å². The molecule has 1 heterocycles. The van der Waals surface area contributed by atoms with Gasteiger partial charge in [0.15, 0.2) is 0 Å². The minimum absolute atomic E-state index is 0.0282. The number of hydrogen-bond acceptors (Lipinski definition) is 4. The number of benzene rings is 1. The number of anilines is 1. The minimum atomic E-state index is -0.224. The second-order valence-corrected chi connectivity index (χ2v) is 6.14. The zero-order chi connectivity index (χ0) is 19.1. The molecule has 2 rings (SSSR count). The summed E-state index contributed by atoms with van der Waals surface area (Å²) in [5.74, 6) is 1.43. The van der Waals surface area contributed by atoms with Gasteiger partial charge in [-0.05, 0) is 25.8 Å². The molecule has 0 bridgehead atoms. The van der Waals surface area contributed by atoms with Gasteiger partial charge in [-0.3, -0.25) is 10.00 Å². The standard InChI is InChI=1S/C19H28N4O3/c1-5-16-14(2)18(22(3)21-16)20-19(25)23(11-8-12-24)13-15-9-6-7-10-17(15)26-4/h6-7,9-10,24H,5,8,11-13H2,1-4H3,(H,20,25). The molecule has 1 aromatic carbocycles. The summed E-state index contributed by atoms with van der Waals surface area (Å²) in [5.41, 5.74) is 2.86. The second kappa shape index (κ2) is 9.24. The maximum absolute atomic E-state index is 12.9. The zero-order valence-corrected chi connectivity index (χ0v) is 16.0. The fraction of sp³-hybridized carbons (Fsp3) is 0.474. The van der Waals surface area contributed by atoms with Crippen molar-refractivity contribution in [3.8, 4) is 5.75 Å². The van der Waals surface area contributed by atoms with Crippen molar-refractivity contribution in [2.24, 2.45) is 7.05 Å². The number of amides is 2. The largest absolute Gasteiger partial charge is 0.496 e. The lowest BCUT2D eigenvalue weighted by atomic mass is 10.2. The topological polar surface area (TPSA) is 79.6 Å². The molecule has 0 radical (unpaired) electrons. The molecule has 7 nitrogen and oxygen atoms in total. The number of para-hydroxylation sites is 1. The molecule has 0 spiro atoms. The Hall–Kier alpha value is -2.54. The van der Waals surface area contributed by atoms with Gasteiger partial charge in [-0.25, -0.2) is 4.79 Å². The molecule has 0 atom stereocenters. The Morgan fingerprint density at radius 2 is 2.12 bits per heavy atom. The van der Waals surface area contributed by atoms with E-state index in [4.69, 9.17) is 4.74 Å². The van der Waals surface area contributed by atoms with Gasteiger partial charge in [-0.2, -0.15) is 5.10 Å². The molecule has 0 aliphatic carbocycles. The van der Waals surface area contributed by atoms with Gasteiger partial charge >= 0.3 is 6.03 Å². The third-order valence-corrected chi connectivity index (χ3v) is 4.37. The van der Waals surface area contributed by atoms with E-state index < -0.39 is 0 Å². The Morgan fingerprint density at radius 3 is 2.73 bits per heavy atom. The van der Waals surface area contributed by atoms with E-state index in [0.29, 0.717) is 25.3 Å². The number of nitrogens with one attached hydrogen (secondary N) is 1. The van der Waals surface area contributed by atoms with E-state index in [2.05, 4.69) is 10.4 Å². The lowest BCUT2D eigenvalue weighted by Crippen LogP contribution is -2.36. The van der Waals surface area contributed by atoms with Gasteiger partial charge in [-0.1, -0.05) is 25.1 Å². The number of aromatic nitrogens is 2.